The van der Waals surface area contributed by atoms with E-state index in [1.165, 1.54) is 37.6 Å². The molecule has 218 valence electrons. The maximum atomic E-state index is 6.00. The summed E-state index contributed by atoms with van der Waals surface area (Å²) >= 11 is 16.9. The molecule has 13 heteroatoms. The Morgan fingerprint density at radius 1 is 0.775 bits per heavy atom. The monoisotopic (exact) mass is 610 g/mol. The first kappa shape index (κ1) is 33.4. The molecule has 5 rings (SSSR count). The maximum absolute atomic E-state index is 6.00. The second-order valence-corrected chi connectivity index (χ2v) is 9.66. The third-order valence-electron chi connectivity index (χ3n) is 5.97. The van der Waals surface area contributed by atoms with Gasteiger partial charge in [-0.15, -0.1) is 0 Å². The molecule has 3 aromatic heterocycles. The van der Waals surface area contributed by atoms with Crippen LogP contribution >= 0.6 is 34.8 Å². The molecule has 10 nitrogen and oxygen atoms in total. The normalized spacial score (nSPS) is 13.1. The highest BCUT2D eigenvalue weighted by atomic mass is 35.5. The molecule has 0 spiro atoms. The van der Waals surface area contributed by atoms with Crippen molar-refractivity contribution in [3.05, 3.63) is 51.3 Å². The fourth-order valence-electron chi connectivity index (χ4n) is 4.50. The standard InChI is InChI=1S/C20H24ClN5O.C5H5Cl2N3O.2CH4/c1-3-27-20-24-18(23-19(21)25-20)12-14-9-10-17-16(11-14)22-13(2)26(17)15-7-5-4-6-8-15;1-2-11-5-9-3(6)8-4(7)10-5;;/h9-11,15H,3-8,12H2,1-2H3;2H2,1H3;2*1H4. The molecule has 40 heavy (non-hydrogen) atoms. The van der Waals surface area contributed by atoms with Crippen LogP contribution in [-0.2, 0) is 6.42 Å². The van der Waals surface area contributed by atoms with Gasteiger partial charge in [0.15, 0.2) is 0 Å². The van der Waals surface area contributed by atoms with Gasteiger partial charge in [0.25, 0.3) is 0 Å². The van der Waals surface area contributed by atoms with Gasteiger partial charge in [-0.05, 0) is 86.1 Å². The highest BCUT2D eigenvalue weighted by Crippen LogP contribution is 2.32. The second-order valence-electron chi connectivity index (χ2n) is 8.65. The Morgan fingerprint density at radius 3 is 1.95 bits per heavy atom. The van der Waals surface area contributed by atoms with Gasteiger partial charge in [-0.1, -0.05) is 40.2 Å². The number of nitrogens with zero attached hydrogens (tertiary/aromatic N) is 8. The van der Waals surface area contributed by atoms with E-state index in [1.54, 1.807) is 0 Å². The maximum Gasteiger partial charge on any atom is 0.322 e. The number of aromatic nitrogens is 8. The Balaban J connectivity index is 0.000000367. The van der Waals surface area contributed by atoms with E-state index in [0.717, 1.165) is 16.9 Å². The zero-order chi connectivity index (χ0) is 27.1. The van der Waals surface area contributed by atoms with E-state index >= 15 is 0 Å². The molecule has 0 unspecified atom stereocenters. The molecule has 1 saturated carbocycles. The number of hydrogen-bond donors (Lipinski definition) is 0. The quantitative estimate of drug-likeness (QED) is 0.209. The van der Waals surface area contributed by atoms with Gasteiger partial charge in [-0.2, -0.15) is 24.9 Å². The van der Waals surface area contributed by atoms with Crippen molar-refractivity contribution >= 4 is 45.8 Å². The van der Waals surface area contributed by atoms with Crippen molar-refractivity contribution in [1.82, 2.24) is 39.5 Å². The minimum Gasteiger partial charge on any atom is -0.464 e. The van der Waals surface area contributed by atoms with E-state index in [0.29, 0.717) is 31.5 Å². The molecule has 0 bridgehead atoms. The Kier molecular flexibility index (Phi) is 13.2. The number of halogens is 3. The zero-order valence-corrected chi connectivity index (χ0v) is 23.8. The van der Waals surface area contributed by atoms with Crippen LogP contribution in [-0.4, -0.2) is 52.7 Å². The summed E-state index contributed by atoms with van der Waals surface area (Å²) in [4.78, 5) is 28.2. The summed E-state index contributed by atoms with van der Waals surface area (Å²) in [6, 6.07) is 7.42. The number of aryl methyl sites for hydroxylation is 1. The predicted molar refractivity (Wildman–Crippen MR) is 160 cm³/mol. The summed E-state index contributed by atoms with van der Waals surface area (Å²) in [7, 11) is 0. The van der Waals surface area contributed by atoms with Crippen LogP contribution < -0.4 is 9.47 Å². The van der Waals surface area contributed by atoms with Gasteiger partial charge in [0.05, 0.1) is 24.2 Å². The number of rotatable bonds is 7. The van der Waals surface area contributed by atoms with Crippen LogP contribution in [0, 0.1) is 6.92 Å². The second kappa shape index (κ2) is 15.8. The average molecular weight is 612 g/mol. The lowest BCUT2D eigenvalue weighted by molar-refractivity contribution is 0.310. The third kappa shape index (κ3) is 8.84. The molecule has 0 saturated heterocycles. The summed E-state index contributed by atoms with van der Waals surface area (Å²) in [6.07, 6.45) is 7.03. The Hall–Kier alpha value is -2.82. The van der Waals surface area contributed by atoms with Gasteiger partial charge in [0, 0.05) is 12.5 Å². The zero-order valence-electron chi connectivity index (χ0n) is 21.5. The fourth-order valence-corrected chi connectivity index (χ4v) is 5.02. The van der Waals surface area contributed by atoms with Gasteiger partial charge >= 0.3 is 12.0 Å². The van der Waals surface area contributed by atoms with Crippen molar-refractivity contribution in [2.75, 3.05) is 13.2 Å². The molecule has 0 atom stereocenters. The molecule has 4 aromatic rings. The van der Waals surface area contributed by atoms with Crippen LogP contribution in [0.5, 0.6) is 12.0 Å². The van der Waals surface area contributed by atoms with E-state index in [-0.39, 0.29) is 42.7 Å². The van der Waals surface area contributed by atoms with E-state index in [1.807, 2.05) is 13.8 Å². The van der Waals surface area contributed by atoms with Gasteiger partial charge < -0.3 is 14.0 Å². The molecule has 0 amide bonds. The number of benzene rings is 1. The Labute approximate surface area is 250 Å². The van der Waals surface area contributed by atoms with Crippen molar-refractivity contribution in [1.29, 1.82) is 0 Å². The van der Waals surface area contributed by atoms with E-state index in [9.17, 15) is 0 Å². The van der Waals surface area contributed by atoms with Crippen LogP contribution in [0.2, 0.25) is 15.9 Å². The lowest BCUT2D eigenvalue weighted by atomic mass is 9.95. The minimum atomic E-state index is 0. The van der Waals surface area contributed by atoms with Gasteiger partial charge in [0.2, 0.25) is 15.9 Å². The van der Waals surface area contributed by atoms with Crippen molar-refractivity contribution < 1.29 is 9.47 Å². The lowest BCUT2D eigenvalue weighted by Gasteiger charge is -2.25. The van der Waals surface area contributed by atoms with Gasteiger partial charge in [-0.3, -0.25) is 0 Å². The molecule has 0 radical (unpaired) electrons. The van der Waals surface area contributed by atoms with E-state index < -0.39 is 0 Å². The molecular formula is C27H37Cl3N8O2. The molecule has 1 fully saturated rings. The molecule has 1 aromatic carbocycles. The molecule has 1 aliphatic rings. The van der Waals surface area contributed by atoms with Crippen LogP contribution in [0.3, 0.4) is 0 Å². The van der Waals surface area contributed by atoms with Crippen molar-refractivity contribution in [2.45, 2.75) is 80.2 Å². The topological polar surface area (TPSA) is 114 Å². The van der Waals surface area contributed by atoms with Crippen molar-refractivity contribution in [3.8, 4) is 12.0 Å². The first-order valence-electron chi connectivity index (χ1n) is 12.6. The summed E-state index contributed by atoms with van der Waals surface area (Å²) in [6.45, 7) is 6.76. The minimum absolute atomic E-state index is 0. The van der Waals surface area contributed by atoms with Crippen LogP contribution in [0.1, 0.15) is 84.1 Å². The number of ether oxygens (including phenoxy) is 2. The third-order valence-corrected chi connectivity index (χ3v) is 6.48. The van der Waals surface area contributed by atoms with Crippen LogP contribution in [0.4, 0.5) is 0 Å². The SMILES string of the molecule is C.C.CCOc1nc(Cl)nc(Cc2ccc3c(c2)nc(C)n3C2CCCCC2)n1.CCOc1nc(Cl)nc(Cl)n1. The van der Waals surface area contributed by atoms with Crippen LogP contribution in [0.15, 0.2) is 18.2 Å². The smallest absolute Gasteiger partial charge is 0.322 e. The lowest BCUT2D eigenvalue weighted by Crippen LogP contribution is -2.14. The van der Waals surface area contributed by atoms with Crippen LogP contribution in [0.25, 0.3) is 11.0 Å². The Bertz CT molecular complexity index is 1360. The first-order chi connectivity index (χ1) is 18.4. The van der Waals surface area contributed by atoms with Crippen molar-refractivity contribution in [3.63, 3.8) is 0 Å². The van der Waals surface area contributed by atoms with Gasteiger partial charge in [-0.25, -0.2) is 9.97 Å². The fraction of sp³-hybridized carbons (Fsp3) is 0.519. The summed E-state index contributed by atoms with van der Waals surface area (Å²) in [5, 5.41) is 0.226. The van der Waals surface area contributed by atoms with E-state index in [4.69, 9.17) is 49.3 Å². The molecular weight excluding hydrogens is 575 g/mol. The van der Waals surface area contributed by atoms with Gasteiger partial charge in [0.1, 0.15) is 11.6 Å². The largest absolute Gasteiger partial charge is 0.464 e. The highest BCUT2D eigenvalue weighted by molar-refractivity contribution is 6.31. The Morgan fingerprint density at radius 2 is 1.35 bits per heavy atom. The molecule has 1 aliphatic carbocycles. The molecule has 0 N–H and O–H groups in total. The van der Waals surface area contributed by atoms with E-state index in [2.05, 4.69) is 59.6 Å². The highest BCUT2D eigenvalue weighted by Gasteiger charge is 2.20. The number of hydrogen-bond acceptors (Lipinski definition) is 9. The number of imidazole rings is 1. The summed E-state index contributed by atoms with van der Waals surface area (Å²) < 4.78 is 12.7. The average Bonchev–Trinajstić information content (AvgIpc) is 3.19. The summed E-state index contributed by atoms with van der Waals surface area (Å²) in [5.41, 5.74) is 3.34. The first-order valence-corrected chi connectivity index (χ1v) is 13.7. The molecule has 3 heterocycles. The number of fused-ring (bicyclic) bond motifs is 1. The predicted octanol–water partition coefficient (Wildman–Crippen LogP) is 7.53. The molecule has 0 aliphatic heterocycles. The van der Waals surface area contributed by atoms with Crippen molar-refractivity contribution in [2.24, 2.45) is 0 Å². The summed E-state index contributed by atoms with van der Waals surface area (Å²) in [5.74, 6) is 1.69.